The average molecular weight is 197 g/mol. The highest BCUT2D eigenvalue weighted by molar-refractivity contribution is 6.30. The first kappa shape index (κ1) is 9.56. The number of benzene rings is 1. The number of nitrogens with zero attached hydrogens (tertiary/aromatic N) is 1. The normalized spacial score (nSPS) is 11.0. The van der Waals surface area contributed by atoms with Crippen LogP contribution in [0.3, 0.4) is 0 Å². The van der Waals surface area contributed by atoms with Gasteiger partial charge in [-0.25, -0.2) is 4.39 Å². The van der Waals surface area contributed by atoms with Gasteiger partial charge in [-0.2, -0.15) is 5.26 Å². The summed E-state index contributed by atoms with van der Waals surface area (Å²) in [5.41, 5.74) is 5.69. The highest BCUT2D eigenvalue weighted by Crippen LogP contribution is 2.18. The number of halogens is 2. The van der Waals surface area contributed by atoms with Gasteiger partial charge < -0.3 is 5.73 Å². The van der Waals surface area contributed by atoms with Crippen LogP contribution in [0, 0.1) is 17.1 Å². The van der Waals surface area contributed by atoms with Crippen LogP contribution in [0.2, 0.25) is 5.02 Å². The SMILES string of the molecule is N#C/C=C(/N)c1ccc(Cl)cc1F. The van der Waals surface area contributed by atoms with Crippen LogP contribution < -0.4 is 5.73 Å². The molecule has 13 heavy (non-hydrogen) atoms. The summed E-state index contributed by atoms with van der Waals surface area (Å²) in [5, 5.41) is 8.59. The molecular weight excluding hydrogens is 191 g/mol. The molecular formula is C9H6ClFN2. The van der Waals surface area contributed by atoms with Crippen molar-refractivity contribution in [2.24, 2.45) is 5.73 Å². The number of hydrogen-bond acceptors (Lipinski definition) is 2. The van der Waals surface area contributed by atoms with Crippen LogP contribution in [0.5, 0.6) is 0 Å². The number of rotatable bonds is 1. The summed E-state index contributed by atoms with van der Waals surface area (Å²) >= 11 is 5.53. The Bertz CT molecular complexity index is 393. The zero-order chi connectivity index (χ0) is 9.84. The second kappa shape index (κ2) is 3.92. The Morgan fingerprint density at radius 1 is 1.62 bits per heavy atom. The van der Waals surface area contributed by atoms with Gasteiger partial charge in [0.1, 0.15) is 5.82 Å². The Balaban J connectivity index is 3.18. The lowest BCUT2D eigenvalue weighted by Gasteiger charge is -2.01. The molecule has 0 saturated heterocycles. The first-order chi connectivity index (χ1) is 6.15. The van der Waals surface area contributed by atoms with Crippen LogP contribution in [0.15, 0.2) is 24.3 Å². The van der Waals surface area contributed by atoms with Crippen molar-refractivity contribution in [3.63, 3.8) is 0 Å². The van der Waals surface area contributed by atoms with Gasteiger partial charge in [-0.1, -0.05) is 11.6 Å². The number of nitrogens with two attached hydrogens (primary N) is 1. The third-order valence-electron chi connectivity index (χ3n) is 1.46. The monoisotopic (exact) mass is 196 g/mol. The van der Waals surface area contributed by atoms with Crippen LogP contribution in [-0.2, 0) is 0 Å². The van der Waals surface area contributed by atoms with Crippen molar-refractivity contribution >= 4 is 17.3 Å². The van der Waals surface area contributed by atoms with Gasteiger partial charge in [0, 0.05) is 16.7 Å². The first-order valence-corrected chi connectivity index (χ1v) is 3.83. The Morgan fingerprint density at radius 2 is 2.31 bits per heavy atom. The minimum atomic E-state index is -0.531. The van der Waals surface area contributed by atoms with Crippen molar-refractivity contribution in [1.29, 1.82) is 5.26 Å². The van der Waals surface area contributed by atoms with Gasteiger partial charge in [-0.15, -0.1) is 0 Å². The molecule has 1 rings (SSSR count). The van der Waals surface area contributed by atoms with Gasteiger partial charge >= 0.3 is 0 Å². The lowest BCUT2D eigenvalue weighted by molar-refractivity contribution is 0.624. The highest BCUT2D eigenvalue weighted by atomic mass is 35.5. The minimum absolute atomic E-state index is 0.0941. The van der Waals surface area contributed by atoms with E-state index in [0.717, 1.165) is 12.1 Å². The van der Waals surface area contributed by atoms with Crippen molar-refractivity contribution < 1.29 is 4.39 Å². The van der Waals surface area contributed by atoms with Crippen LogP contribution in [-0.4, -0.2) is 0 Å². The van der Waals surface area contributed by atoms with E-state index in [1.165, 1.54) is 12.1 Å². The Kier molecular flexibility index (Phi) is 2.88. The fraction of sp³-hybridized carbons (Fsp3) is 0. The lowest BCUT2D eigenvalue weighted by atomic mass is 10.1. The summed E-state index contributed by atoms with van der Waals surface area (Å²) in [6.07, 6.45) is 1.08. The van der Waals surface area contributed by atoms with E-state index in [2.05, 4.69) is 0 Å². The third-order valence-corrected chi connectivity index (χ3v) is 1.70. The number of nitriles is 1. The van der Waals surface area contributed by atoms with Gasteiger partial charge in [-0.05, 0) is 18.2 Å². The average Bonchev–Trinajstić information content (AvgIpc) is 2.04. The predicted octanol–water partition coefficient (Wildman–Crippen LogP) is 2.30. The van der Waals surface area contributed by atoms with E-state index in [1.54, 1.807) is 6.07 Å². The summed E-state index contributed by atoms with van der Waals surface area (Å²) in [7, 11) is 0. The molecule has 0 aliphatic rings. The topological polar surface area (TPSA) is 49.8 Å². The maximum Gasteiger partial charge on any atom is 0.133 e. The Morgan fingerprint density at radius 3 is 2.85 bits per heavy atom. The lowest BCUT2D eigenvalue weighted by Crippen LogP contribution is -1.98. The second-order valence-corrected chi connectivity index (χ2v) is 2.79. The highest BCUT2D eigenvalue weighted by Gasteiger charge is 2.04. The summed E-state index contributed by atoms with van der Waals surface area (Å²) in [6.45, 7) is 0. The van der Waals surface area contributed by atoms with Gasteiger partial charge in [0.05, 0.1) is 11.8 Å². The molecule has 4 heteroatoms. The standard InChI is InChI=1S/C9H6ClFN2/c10-6-1-2-7(8(11)5-6)9(13)3-4-12/h1-3,5H,13H2/b9-3+. The molecule has 2 nitrogen and oxygen atoms in total. The quantitative estimate of drug-likeness (QED) is 0.701. The molecule has 0 radical (unpaired) electrons. The molecule has 0 aliphatic carbocycles. The van der Waals surface area contributed by atoms with E-state index in [0.29, 0.717) is 5.02 Å². The van der Waals surface area contributed by atoms with Gasteiger partial charge in [0.25, 0.3) is 0 Å². The zero-order valence-corrected chi connectivity index (χ0v) is 7.35. The molecule has 0 amide bonds. The van der Waals surface area contributed by atoms with E-state index in [9.17, 15) is 4.39 Å². The van der Waals surface area contributed by atoms with Crippen LogP contribution in [0.1, 0.15) is 5.56 Å². The maximum absolute atomic E-state index is 13.1. The van der Waals surface area contributed by atoms with Crippen molar-refractivity contribution in [3.8, 4) is 6.07 Å². The fourth-order valence-electron chi connectivity index (χ4n) is 0.871. The largest absolute Gasteiger partial charge is 0.398 e. The molecule has 0 spiro atoms. The maximum atomic E-state index is 13.1. The van der Waals surface area contributed by atoms with E-state index in [1.807, 2.05) is 0 Å². The molecule has 66 valence electrons. The molecule has 0 aliphatic heterocycles. The van der Waals surface area contributed by atoms with Crippen molar-refractivity contribution in [2.75, 3.05) is 0 Å². The van der Waals surface area contributed by atoms with Crippen LogP contribution >= 0.6 is 11.6 Å². The molecule has 0 fully saturated rings. The zero-order valence-electron chi connectivity index (χ0n) is 6.59. The summed E-state index contributed by atoms with van der Waals surface area (Å²) in [5.74, 6) is -0.531. The van der Waals surface area contributed by atoms with E-state index in [4.69, 9.17) is 22.6 Å². The molecule has 1 aromatic rings. The molecule has 0 bridgehead atoms. The first-order valence-electron chi connectivity index (χ1n) is 3.46. The second-order valence-electron chi connectivity index (χ2n) is 2.35. The molecule has 0 aromatic heterocycles. The van der Waals surface area contributed by atoms with E-state index >= 15 is 0 Å². The van der Waals surface area contributed by atoms with Gasteiger partial charge in [0.2, 0.25) is 0 Å². The van der Waals surface area contributed by atoms with Crippen molar-refractivity contribution in [3.05, 3.63) is 40.7 Å². The summed E-state index contributed by atoms with van der Waals surface area (Å²) in [6, 6.07) is 5.81. The molecule has 0 heterocycles. The van der Waals surface area contributed by atoms with Crippen molar-refractivity contribution in [1.82, 2.24) is 0 Å². The van der Waals surface area contributed by atoms with E-state index < -0.39 is 5.82 Å². The van der Waals surface area contributed by atoms with E-state index in [-0.39, 0.29) is 11.3 Å². The summed E-state index contributed by atoms with van der Waals surface area (Å²) in [4.78, 5) is 0. The Hall–Kier alpha value is -1.53. The fourth-order valence-corrected chi connectivity index (χ4v) is 1.03. The molecule has 1 aromatic carbocycles. The van der Waals surface area contributed by atoms with Gasteiger partial charge in [0.15, 0.2) is 0 Å². The third kappa shape index (κ3) is 2.20. The van der Waals surface area contributed by atoms with Crippen molar-refractivity contribution in [2.45, 2.75) is 0 Å². The number of hydrogen-bond donors (Lipinski definition) is 1. The Labute approximate surface area is 80.0 Å². The molecule has 0 unspecified atom stereocenters. The molecule has 0 saturated carbocycles. The van der Waals surface area contributed by atoms with Crippen LogP contribution in [0.4, 0.5) is 4.39 Å². The number of allylic oxidation sites excluding steroid dienone is 1. The van der Waals surface area contributed by atoms with Crippen LogP contribution in [0.25, 0.3) is 5.70 Å². The molecule has 2 N–H and O–H groups in total. The summed E-state index contributed by atoms with van der Waals surface area (Å²) < 4.78 is 13.1. The minimum Gasteiger partial charge on any atom is -0.398 e. The predicted molar refractivity (Wildman–Crippen MR) is 49.2 cm³/mol. The smallest absolute Gasteiger partial charge is 0.133 e. The van der Waals surface area contributed by atoms with Gasteiger partial charge in [-0.3, -0.25) is 0 Å². The molecule has 0 atom stereocenters.